The number of aryl methyl sites for hydroxylation is 1. The normalized spacial score (nSPS) is 15.2. The van der Waals surface area contributed by atoms with Gasteiger partial charge in [-0.05, 0) is 56.0 Å². The van der Waals surface area contributed by atoms with Crippen molar-refractivity contribution in [2.75, 3.05) is 5.32 Å². The van der Waals surface area contributed by atoms with Crippen LogP contribution in [0.1, 0.15) is 58.6 Å². The minimum absolute atomic E-state index is 0.0588. The van der Waals surface area contributed by atoms with Crippen molar-refractivity contribution >= 4 is 22.6 Å². The first-order valence-electron chi connectivity index (χ1n) is 11.1. The molecule has 0 aliphatic heterocycles. The molecule has 3 aromatic carbocycles. The molecule has 1 fully saturated rings. The van der Waals surface area contributed by atoms with E-state index in [1.807, 2.05) is 44.2 Å². The van der Waals surface area contributed by atoms with Gasteiger partial charge in [0.15, 0.2) is 5.43 Å². The molecular formula is C28H25NO4. The van der Waals surface area contributed by atoms with Gasteiger partial charge in [0.05, 0.1) is 22.4 Å². The fraction of sp³-hybridized carbons (Fsp3) is 0.214. The summed E-state index contributed by atoms with van der Waals surface area (Å²) in [7, 11) is 0. The van der Waals surface area contributed by atoms with Gasteiger partial charge in [0.25, 0.3) is 0 Å². The van der Waals surface area contributed by atoms with Crippen LogP contribution in [0.3, 0.4) is 0 Å². The average Bonchev–Trinajstić information content (AvgIpc) is 3.62. The molecule has 0 unspecified atom stereocenters. The van der Waals surface area contributed by atoms with Crippen LogP contribution >= 0.6 is 0 Å². The van der Waals surface area contributed by atoms with Crippen LogP contribution in [0.15, 0.2) is 82.0 Å². The Morgan fingerprint density at radius 1 is 1.03 bits per heavy atom. The van der Waals surface area contributed by atoms with Crippen molar-refractivity contribution < 1.29 is 14.3 Å². The molecule has 0 radical (unpaired) electrons. The van der Waals surface area contributed by atoms with Crippen LogP contribution in [0.2, 0.25) is 0 Å². The number of rotatable bonds is 6. The van der Waals surface area contributed by atoms with Gasteiger partial charge in [-0.1, -0.05) is 48.5 Å². The van der Waals surface area contributed by atoms with E-state index >= 15 is 0 Å². The van der Waals surface area contributed by atoms with Gasteiger partial charge in [-0.15, -0.1) is 0 Å². The predicted molar refractivity (Wildman–Crippen MR) is 129 cm³/mol. The molecular weight excluding hydrogens is 414 g/mol. The number of aromatic carboxylic acids is 1. The van der Waals surface area contributed by atoms with Gasteiger partial charge in [0, 0.05) is 17.3 Å². The molecule has 5 nitrogen and oxygen atoms in total. The van der Waals surface area contributed by atoms with E-state index in [4.69, 9.17) is 4.42 Å². The first kappa shape index (κ1) is 21.0. The summed E-state index contributed by atoms with van der Waals surface area (Å²) in [5.41, 5.74) is 3.88. The van der Waals surface area contributed by atoms with Gasteiger partial charge in [-0.25, -0.2) is 4.79 Å². The van der Waals surface area contributed by atoms with Crippen LogP contribution in [0.5, 0.6) is 0 Å². The number of anilines is 1. The topological polar surface area (TPSA) is 79.5 Å². The van der Waals surface area contributed by atoms with Crippen LogP contribution < -0.4 is 10.7 Å². The molecule has 1 aliphatic rings. The van der Waals surface area contributed by atoms with Crippen molar-refractivity contribution in [3.8, 4) is 0 Å². The number of benzene rings is 3. The molecule has 1 heterocycles. The molecule has 5 heteroatoms. The molecule has 0 saturated heterocycles. The molecule has 0 spiro atoms. The lowest BCUT2D eigenvalue weighted by atomic mass is 9.92. The zero-order valence-electron chi connectivity index (χ0n) is 18.6. The van der Waals surface area contributed by atoms with Gasteiger partial charge in [-0.2, -0.15) is 0 Å². The summed E-state index contributed by atoms with van der Waals surface area (Å²) < 4.78 is 6.49. The van der Waals surface area contributed by atoms with Crippen LogP contribution in [-0.4, -0.2) is 11.1 Å². The van der Waals surface area contributed by atoms with Crippen LogP contribution in [0.4, 0.5) is 5.69 Å². The Kier molecular flexibility index (Phi) is 5.05. The van der Waals surface area contributed by atoms with Gasteiger partial charge < -0.3 is 14.8 Å². The largest absolute Gasteiger partial charge is 0.478 e. The minimum Gasteiger partial charge on any atom is -0.478 e. The highest BCUT2D eigenvalue weighted by Crippen LogP contribution is 2.53. The van der Waals surface area contributed by atoms with E-state index in [0.717, 1.165) is 29.5 Å². The maximum Gasteiger partial charge on any atom is 0.337 e. The Hall–Kier alpha value is -3.86. The van der Waals surface area contributed by atoms with E-state index < -0.39 is 5.97 Å². The second kappa shape index (κ2) is 7.93. The number of carbonyl (C=O) groups is 1. The van der Waals surface area contributed by atoms with Crippen molar-refractivity contribution in [1.82, 2.24) is 0 Å². The number of para-hydroxylation sites is 1. The summed E-state index contributed by atoms with van der Waals surface area (Å²) in [5, 5.41) is 13.4. The van der Waals surface area contributed by atoms with E-state index in [0.29, 0.717) is 22.4 Å². The third kappa shape index (κ3) is 3.69. The van der Waals surface area contributed by atoms with Crippen LogP contribution in [0, 0.1) is 6.92 Å². The molecule has 1 aromatic heterocycles. The third-order valence-electron chi connectivity index (χ3n) is 6.55. The number of hydrogen-bond donors (Lipinski definition) is 2. The van der Waals surface area contributed by atoms with E-state index in [1.54, 1.807) is 30.3 Å². The molecule has 1 atom stereocenters. The quantitative estimate of drug-likeness (QED) is 0.382. The second-order valence-electron chi connectivity index (χ2n) is 8.87. The molecule has 1 saturated carbocycles. The van der Waals surface area contributed by atoms with E-state index in [9.17, 15) is 14.7 Å². The number of carboxylic acid groups (broad SMARTS) is 1. The first-order valence-corrected chi connectivity index (χ1v) is 11.1. The lowest BCUT2D eigenvalue weighted by Gasteiger charge is -2.21. The fourth-order valence-corrected chi connectivity index (χ4v) is 4.66. The van der Waals surface area contributed by atoms with Gasteiger partial charge in [0.1, 0.15) is 11.3 Å². The summed E-state index contributed by atoms with van der Waals surface area (Å²) >= 11 is 0. The van der Waals surface area contributed by atoms with Gasteiger partial charge in [0.2, 0.25) is 0 Å². The molecule has 33 heavy (non-hydrogen) atoms. The smallest absolute Gasteiger partial charge is 0.337 e. The lowest BCUT2D eigenvalue weighted by Crippen LogP contribution is -2.15. The minimum atomic E-state index is -0.994. The van der Waals surface area contributed by atoms with Crippen molar-refractivity contribution in [3.05, 3.63) is 111 Å². The molecule has 2 N–H and O–H groups in total. The summed E-state index contributed by atoms with van der Waals surface area (Å²) in [6.45, 7) is 3.89. The molecule has 0 bridgehead atoms. The van der Waals surface area contributed by atoms with E-state index in [2.05, 4.69) is 17.4 Å². The summed E-state index contributed by atoms with van der Waals surface area (Å²) in [5.74, 6) is -0.304. The highest BCUT2D eigenvalue weighted by Gasteiger charge is 2.48. The summed E-state index contributed by atoms with van der Waals surface area (Å²) in [4.78, 5) is 24.8. The monoisotopic (exact) mass is 439 g/mol. The van der Waals surface area contributed by atoms with Crippen molar-refractivity contribution in [3.63, 3.8) is 0 Å². The standard InChI is InChI=1S/C28H25NO4/c1-17-14-21(18(2)29-23-11-7-6-10-20(23)27(31)32)26-22(15-17)24(30)16-25(33-26)28(12-13-28)19-8-4-3-5-9-19/h3-11,14-16,18,29H,12-13H2,1-2H3,(H,31,32)/t18-/m1/s1. The molecule has 4 aromatic rings. The average molecular weight is 440 g/mol. The Morgan fingerprint density at radius 3 is 2.42 bits per heavy atom. The Labute approximate surface area is 191 Å². The van der Waals surface area contributed by atoms with Crippen molar-refractivity contribution in [2.45, 2.75) is 38.1 Å². The maximum absolute atomic E-state index is 13.2. The molecule has 0 amide bonds. The van der Waals surface area contributed by atoms with Crippen molar-refractivity contribution in [2.24, 2.45) is 0 Å². The van der Waals surface area contributed by atoms with Crippen LogP contribution in [0.25, 0.3) is 11.0 Å². The zero-order chi connectivity index (χ0) is 23.2. The van der Waals surface area contributed by atoms with E-state index in [-0.39, 0.29) is 22.4 Å². The van der Waals surface area contributed by atoms with E-state index in [1.165, 1.54) is 0 Å². The maximum atomic E-state index is 13.2. The summed E-state index contributed by atoms with van der Waals surface area (Å²) in [6, 6.07) is 22.2. The Balaban J connectivity index is 1.63. The number of carboxylic acids is 1. The SMILES string of the molecule is Cc1cc([C@@H](C)Nc2ccccc2C(=O)O)c2oc(C3(c4ccccc4)CC3)cc(=O)c2c1. The summed E-state index contributed by atoms with van der Waals surface area (Å²) in [6.07, 6.45) is 1.87. The second-order valence-corrected chi connectivity index (χ2v) is 8.87. The zero-order valence-corrected chi connectivity index (χ0v) is 18.6. The Morgan fingerprint density at radius 2 is 1.73 bits per heavy atom. The number of nitrogens with one attached hydrogen (secondary N) is 1. The van der Waals surface area contributed by atoms with Crippen LogP contribution in [-0.2, 0) is 5.41 Å². The van der Waals surface area contributed by atoms with Gasteiger partial charge >= 0.3 is 5.97 Å². The lowest BCUT2D eigenvalue weighted by molar-refractivity contribution is 0.0698. The molecule has 5 rings (SSSR count). The first-order chi connectivity index (χ1) is 15.9. The predicted octanol–water partition coefficient (Wildman–Crippen LogP) is 6.05. The highest BCUT2D eigenvalue weighted by atomic mass is 16.4. The fourth-order valence-electron chi connectivity index (χ4n) is 4.66. The third-order valence-corrected chi connectivity index (χ3v) is 6.55. The highest BCUT2D eigenvalue weighted by molar-refractivity contribution is 5.94. The van der Waals surface area contributed by atoms with Gasteiger partial charge in [-0.3, -0.25) is 4.79 Å². The number of hydrogen-bond acceptors (Lipinski definition) is 4. The Bertz CT molecular complexity index is 1420. The molecule has 1 aliphatic carbocycles. The molecule has 166 valence electrons. The number of fused-ring (bicyclic) bond motifs is 1. The van der Waals surface area contributed by atoms with Crippen molar-refractivity contribution in [1.29, 1.82) is 0 Å².